The molecule has 0 aromatic carbocycles. The lowest BCUT2D eigenvalue weighted by Crippen LogP contribution is -2.58. The summed E-state index contributed by atoms with van der Waals surface area (Å²) in [6.07, 6.45) is 8.61. The largest absolute Gasteiger partial charge is 0.390 e. The molecule has 8 atom stereocenters. The molecule has 0 spiro atoms. The van der Waals surface area contributed by atoms with Crippen LogP contribution in [0.25, 0.3) is 0 Å². The van der Waals surface area contributed by atoms with Crippen molar-refractivity contribution in [2.24, 2.45) is 40.4 Å². The van der Waals surface area contributed by atoms with Gasteiger partial charge in [-0.1, -0.05) is 20.8 Å². The minimum absolute atomic E-state index is 0.107. The second-order valence-corrected chi connectivity index (χ2v) is 10.2. The van der Waals surface area contributed by atoms with Gasteiger partial charge in [0.1, 0.15) is 5.78 Å². The molecule has 0 saturated heterocycles. The summed E-state index contributed by atoms with van der Waals surface area (Å²) < 4.78 is 0. The van der Waals surface area contributed by atoms with Gasteiger partial charge < -0.3 is 5.11 Å². The Labute approximate surface area is 141 Å². The van der Waals surface area contributed by atoms with E-state index < -0.39 is 5.60 Å². The summed E-state index contributed by atoms with van der Waals surface area (Å²) in [5, 5.41) is 11.0. The zero-order valence-electron chi connectivity index (χ0n) is 15.4. The van der Waals surface area contributed by atoms with Crippen LogP contribution in [0.4, 0.5) is 0 Å². The topological polar surface area (TPSA) is 37.3 Å². The van der Waals surface area contributed by atoms with Crippen molar-refractivity contribution in [3.8, 4) is 0 Å². The van der Waals surface area contributed by atoms with Crippen molar-refractivity contribution in [2.75, 3.05) is 0 Å². The molecule has 0 heterocycles. The highest BCUT2D eigenvalue weighted by molar-refractivity contribution is 5.79. The molecule has 1 N–H and O–H groups in total. The number of ketones is 1. The maximum atomic E-state index is 12.0. The van der Waals surface area contributed by atoms with Crippen molar-refractivity contribution >= 4 is 5.78 Å². The summed E-state index contributed by atoms with van der Waals surface area (Å²) >= 11 is 0. The van der Waals surface area contributed by atoms with Gasteiger partial charge in [-0.3, -0.25) is 4.79 Å². The van der Waals surface area contributed by atoms with Crippen molar-refractivity contribution in [2.45, 2.75) is 84.7 Å². The molecule has 2 nitrogen and oxygen atoms in total. The van der Waals surface area contributed by atoms with Gasteiger partial charge in [-0.15, -0.1) is 0 Å². The van der Waals surface area contributed by atoms with Gasteiger partial charge in [0.2, 0.25) is 0 Å². The van der Waals surface area contributed by atoms with E-state index >= 15 is 0 Å². The van der Waals surface area contributed by atoms with Gasteiger partial charge in [0.25, 0.3) is 0 Å². The first-order valence-electron chi connectivity index (χ1n) is 9.93. The summed E-state index contributed by atoms with van der Waals surface area (Å²) in [5.41, 5.74) is -0.000383. The number of carbonyl (C=O) groups is 1. The van der Waals surface area contributed by atoms with E-state index in [1.807, 2.05) is 0 Å². The smallest absolute Gasteiger partial charge is 0.133 e. The standard InChI is InChI=1S/C21H34O2/c1-13-11-14-12-15(22)5-8-19(14,2)16-6-9-20(3)17(18(13)16)7-10-21(20,4)23/h13-14,16-18,23H,5-12H2,1-4H3/t13-,14-,16?,17?,18?,19?,20?,21+/m1/s1. The van der Waals surface area contributed by atoms with Gasteiger partial charge >= 0.3 is 0 Å². The van der Waals surface area contributed by atoms with Crippen LogP contribution in [0.3, 0.4) is 0 Å². The Balaban J connectivity index is 1.70. The fourth-order valence-electron chi connectivity index (χ4n) is 7.67. The van der Waals surface area contributed by atoms with Crippen molar-refractivity contribution in [1.82, 2.24) is 0 Å². The third-order valence-corrected chi connectivity index (χ3v) is 9.40. The molecule has 0 aromatic heterocycles. The Morgan fingerprint density at radius 2 is 1.74 bits per heavy atom. The Kier molecular flexibility index (Phi) is 3.39. The molecule has 4 aliphatic carbocycles. The molecule has 0 bridgehead atoms. The lowest BCUT2D eigenvalue weighted by atomic mass is 9.42. The lowest BCUT2D eigenvalue weighted by Gasteiger charge is -2.62. The van der Waals surface area contributed by atoms with Crippen molar-refractivity contribution in [3.63, 3.8) is 0 Å². The minimum atomic E-state index is -0.483. The number of hydrogen-bond donors (Lipinski definition) is 1. The first-order chi connectivity index (χ1) is 10.7. The quantitative estimate of drug-likeness (QED) is 0.709. The molecule has 23 heavy (non-hydrogen) atoms. The SMILES string of the molecule is C[C@@H]1C[C@@H]2CC(=O)CCC2(C)C2CCC3(C)C(CC[C@]3(C)O)C21. The van der Waals surface area contributed by atoms with Crippen LogP contribution in [0.5, 0.6) is 0 Å². The van der Waals surface area contributed by atoms with Crippen LogP contribution >= 0.6 is 0 Å². The van der Waals surface area contributed by atoms with Crippen molar-refractivity contribution in [1.29, 1.82) is 0 Å². The predicted molar refractivity (Wildman–Crippen MR) is 91.9 cm³/mol. The minimum Gasteiger partial charge on any atom is -0.390 e. The van der Waals surface area contributed by atoms with Gasteiger partial charge in [0.15, 0.2) is 0 Å². The third-order valence-electron chi connectivity index (χ3n) is 9.40. The molecule has 4 rings (SSSR count). The van der Waals surface area contributed by atoms with E-state index in [4.69, 9.17) is 0 Å². The number of aliphatic hydroxyl groups is 1. The maximum Gasteiger partial charge on any atom is 0.133 e. The van der Waals surface area contributed by atoms with Gasteiger partial charge in [-0.05, 0) is 85.9 Å². The van der Waals surface area contributed by atoms with E-state index in [2.05, 4.69) is 27.7 Å². The first-order valence-corrected chi connectivity index (χ1v) is 9.93. The fraction of sp³-hybridized carbons (Fsp3) is 0.952. The van der Waals surface area contributed by atoms with E-state index in [1.165, 1.54) is 25.7 Å². The fourth-order valence-corrected chi connectivity index (χ4v) is 7.67. The van der Waals surface area contributed by atoms with E-state index in [-0.39, 0.29) is 5.41 Å². The highest BCUT2D eigenvalue weighted by atomic mass is 16.3. The van der Waals surface area contributed by atoms with Crippen LogP contribution in [-0.2, 0) is 4.79 Å². The van der Waals surface area contributed by atoms with Crippen LogP contribution in [0.1, 0.15) is 79.1 Å². The van der Waals surface area contributed by atoms with E-state index in [9.17, 15) is 9.90 Å². The van der Waals surface area contributed by atoms with Gasteiger partial charge in [-0.2, -0.15) is 0 Å². The number of fused-ring (bicyclic) bond motifs is 5. The molecular weight excluding hydrogens is 284 g/mol. The molecular formula is C21H34O2. The van der Waals surface area contributed by atoms with Crippen LogP contribution in [0, 0.1) is 40.4 Å². The number of rotatable bonds is 0. The summed E-state index contributed by atoms with van der Waals surface area (Å²) in [7, 11) is 0. The molecule has 0 radical (unpaired) electrons. The monoisotopic (exact) mass is 318 g/mol. The highest BCUT2D eigenvalue weighted by Gasteiger charge is 2.64. The van der Waals surface area contributed by atoms with E-state index in [0.29, 0.717) is 29.0 Å². The molecule has 0 aromatic rings. The van der Waals surface area contributed by atoms with Gasteiger partial charge in [0.05, 0.1) is 5.60 Å². The normalized spacial score (nSPS) is 59.2. The summed E-state index contributed by atoms with van der Waals surface area (Å²) in [6, 6.07) is 0. The number of Topliss-reactive ketones (excluding diaryl/α,β-unsaturated/α-hetero) is 1. The van der Waals surface area contributed by atoms with Gasteiger partial charge in [-0.25, -0.2) is 0 Å². The summed E-state index contributed by atoms with van der Waals surface area (Å²) in [6.45, 7) is 9.40. The maximum absolute atomic E-state index is 12.0. The Bertz CT molecular complexity index is 524. The number of hydrogen-bond acceptors (Lipinski definition) is 2. The van der Waals surface area contributed by atoms with E-state index in [0.717, 1.165) is 37.5 Å². The average Bonchev–Trinajstić information content (AvgIpc) is 2.72. The molecule has 5 unspecified atom stereocenters. The van der Waals surface area contributed by atoms with Crippen LogP contribution in [0.2, 0.25) is 0 Å². The van der Waals surface area contributed by atoms with Gasteiger partial charge in [0, 0.05) is 12.8 Å². The predicted octanol–water partition coefficient (Wildman–Crippen LogP) is 4.60. The Morgan fingerprint density at radius 1 is 1.04 bits per heavy atom. The molecule has 4 fully saturated rings. The van der Waals surface area contributed by atoms with Crippen molar-refractivity contribution in [3.05, 3.63) is 0 Å². The second kappa shape index (κ2) is 4.84. The lowest BCUT2D eigenvalue weighted by molar-refractivity contribution is -0.165. The molecule has 130 valence electrons. The summed E-state index contributed by atoms with van der Waals surface area (Å²) in [4.78, 5) is 12.0. The Hall–Kier alpha value is -0.370. The molecule has 0 amide bonds. The average molecular weight is 319 g/mol. The zero-order chi connectivity index (χ0) is 16.6. The molecule has 4 saturated carbocycles. The molecule has 4 aliphatic rings. The number of carbonyl (C=O) groups excluding carboxylic acids is 1. The summed E-state index contributed by atoms with van der Waals surface area (Å²) in [5.74, 6) is 4.05. The van der Waals surface area contributed by atoms with Crippen LogP contribution < -0.4 is 0 Å². The molecule has 2 heteroatoms. The highest BCUT2D eigenvalue weighted by Crippen LogP contribution is 2.69. The first kappa shape index (κ1) is 16.1. The van der Waals surface area contributed by atoms with Crippen LogP contribution in [-0.4, -0.2) is 16.5 Å². The van der Waals surface area contributed by atoms with Crippen LogP contribution in [0.15, 0.2) is 0 Å². The Morgan fingerprint density at radius 3 is 2.48 bits per heavy atom. The van der Waals surface area contributed by atoms with Crippen molar-refractivity contribution < 1.29 is 9.90 Å². The zero-order valence-corrected chi connectivity index (χ0v) is 15.4. The molecule has 0 aliphatic heterocycles. The van der Waals surface area contributed by atoms with E-state index in [1.54, 1.807) is 0 Å². The second-order valence-electron chi connectivity index (χ2n) is 10.2. The third kappa shape index (κ3) is 2.00.